The zero-order valence-electron chi connectivity index (χ0n) is 10.7. The maximum Gasteiger partial charge on any atom is 0.335 e. The average molecular weight is 366 g/mol. The molecule has 1 rings (SSSR count). The summed E-state index contributed by atoms with van der Waals surface area (Å²) >= 11 is 3.07. The third-order valence-electron chi connectivity index (χ3n) is 2.60. The predicted octanol–water partition coefficient (Wildman–Crippen LogP) is 1.59. The number of carbonyl (C=O) groups is 1. The van der Waals surface area contributed by atoms with Crippen LogP contribution in [0.2, 0.25) is 0 Å². The zero-order chi connectivity index (χ0) is 15.2. The number of rotatable bonds is 8. The Kier molecular flexibility index (Phi) is 6.60. The zero-order valence-corrected chi connectivity index (χ0v) is 13.1. The van der Waals surface area contributed by atoms with Gasteiger partial charge in [-0.3, -0.25) is 0 Å². The monoisotopic (exact) mass is 365 g/mol. The van der Waals surface area contributed by atoms with Crippen molar-refractivity contribution >= 4 is 31.9 Å². The lowest BCUT2D eigenvalue weighted by molar-refractivity contribution is 0.0696. The molecular weight excluding hydrogens is 350 g/mol. The van der Waals surface area contributed by atoms with Crippen molar-refractivity contribution in [1.29, 1.82) is 0 Å². The van der Waals surface area contributed by atoms with E-state index >= 15 is 0 Å². The summed E-state index contributed by atoms with van der Waals surface area (Å²) in [5.74, 6) is -1.12. The Labute approximate surface area is 126 Å². The van der Waals surface area contributed by atoms with Crippen LogP contribution < -0.4 is 4.72 Å². The van der Waals surface area contributed by atoms with E-state index in [2.05, 4.69) is 20.7 Å². The smallest absolute Gasteiger partial charge is 0.335 e. The normalized spacial score (nSPS) is 11.5. The number of benzene rings is 1. The summed E-state index contributed by atoms with van der Waals surface area (Å²) in [4.78, 5) is 10.8. The van der Waals surface area contributed by atoms with E-state index in [0.717, 1.165) is 6.42 Å². The molecule has 1 aromatic rings. The Balaban J connectivity index is 2.75. The molecule has 0 saturated heterocycles. The summed E-state index contributed by atoms with van der Waals surface area (Å²) in [6.07, 6.45) is 2.00. The quantitative estimate of drug-likeness (QED) is 0.606. The molecule has 0 aliphatic rings. The van der Waals surface area contributed by atoms with Crippen LogP contribution in [0.3, 0.4) is 0 Å². The molecule has 3 N–H and O–H groups in total. The van der Waals surface area contributed by atoms with Gasteiger partial charge in [-0.05, 0) is 53.4 Å². The Morgan fingerprint density at radius 1 is 1.25 bits per heavy atom. The summed E-state index contributed by atoms with van der Waals surface area (Å²) < 4.78 is 26.7. The van der Waals surface area contributed by atoms with Gasteiger partial charge in [0.05, 0.1) is 10.5 Å². The van der Waals surface area contributed by atoms with E-state index in [-0.39, 0.29) is 28.1 Å². The molecule has 0 atom stereocenters. The van der Waals surface area contributed by atoms with Crippen LogP contribution in [0.1, 0.15) is 29.6 Å². The third-order valence-corrected chi connectivity index (χ3v) is 5.03. The highest BCUT2D eigenvalue weighted by molar-refractivity contribution is 9.10. The molecule has 0 aliphatic carbocycles. The average Bonchev–Trinajstić information content (AvgIpc) is 2.37. The second kappa shape index (κ2) is 7.72. The first-order chi connectivity index (χ1) is 9.38. The molecule has 0 bridgehead atoms. The van der Waals surface area contributed by atoms with Crippen molar-refractivity contribution in [2.24, 2.45) is 0 Å². The fourth-order valence-corrected chi connectivity index (χ4v) is 3.70. The number of aliphatic hydroxyl groups is 1. The molecule has 0 unspecified atom stereocenters. The fourth-order valence-electron chi connectivity index (χ4n) is 1.55. The first-order valence-corrected chi connectivity index (χ1v) is 8.29. The maximum absolute atomic E-state index is 12.0. The van der Waals surface area contributed by atoms with Gasteiger partial charge in [-0.25, -0.2) is 17.9 Å². The number of carboxylic acids is 1. The Morgan fingerprint density at radius 2 is 1.95 bits per heavy atom. The molecule has 0 fully saturated rings. The molecule has 1 aromatic carbocycles. The number of aromatic carboxylic acids is 1. The summed E-state index contributed by atoms with van der Waals surface area (Å²) in [6.45, 7) is 0.365. The lowest BCUT2D eigenvalue weighted by Gasteiger charge is -2.09. The molecule has 0 aliphatic heterocycles. The summed E-state index contributed by atoms with van der Waals surface area (Å²) in [5.41, 5.74) is 0.0128. The molecule has 8 heteroatoms. The van der Waals surface area contributed by atoms with Crippen LogP contribution in [-0.2, 0) is 10.0 Å². The number of halogens is 1. The molecule has 6 nitrogen and oxygen atoms in total. The second-order valence-corrected chi connectivity index (χ2v) is 6.72. The van der Waals surface area contributed by atoms with Crippen LogP contribution in [-0.4, -0.2) is 37.8 Å². The van der Waals surface area contributed by atoms with Crippen molar-refractivity contribution < 1.29 is 23.4 Å². The minimum Gasteiger partial charge on any atom is -0.478 e. The number of nitrogens with one attached hydrogen (secondary N) is 1. The van der Waals surface area contributed by atoms with Gasteiger partial charge in [-0.15, -0.1) is 0 Å². The van der Waals surface area contributed by atoms with Crippen molar-refractivity contribution in [2.75, 3.05) is 13.2 Å². The minimum atomic E-state index is -3.67. The Bertz CT molecular complexity index is 573. The lowest BCUT2D eigenvalue weighted by atomic mass is 10.2. The van der Waals surface area contributed by atoms with Crippen LogP contribution in [0.4, 0.5) is 0 Å². The molecule has 20 heavy (non-hydrogen) atoms. The topological polar surface area (TPSA) is 104 Å². The maximum atomic E-state index is 12.0. The molecule has 0 aromatic heterocycles. The van der Waals surface area contributed by atoms with Gasteiger partial charge in [0.25, 0.3) is 0 Å². The van der Waals surface area contributed by atoms with Crippen molar-refractivity contribution in [2.45, 2.75) is 24.2 Å². The van der Waals surface area contributed by atoms with Gasteiger partial charge >= 0.3 is 5.97 Å². The second-order valence-electron chi connectivity index (χ2n) is 4.13. The van der Waals surface area contributed by atoms with Gasteiger partial charge in [0.15, 0.2) is 0 Å². The van der Waals surface area contributed by atoms with Crippen LogP contribution in [0.5, 0.6) is 0 Å². The highest BCUT2D eigenvalue weighted by Crippen LogP contribution is 2.23. The first kappa shape index (κ1) is 17.1. The molecule has 0 amide bonds. The van der Waals surface area contributed by atoms with Crippen LogP contribution >= 0.6 is 15.9 Å². The molecule has 0 heterocycles. The first-order valence-electron chi connectivity index (χ1n) is 6.02. The van der Waals surface area contributed by atoms with Crippen LogP contribution in [0.25, 0.3) is 0 Å². The van der Waals surface area contributed by atoms with E-state index in [0.29, 0.717) is 12.8 Å². The highest BCUT2D eigenvalue weighted by Gasteiger charge is 2.18. The van der Waals surface area contributed by atoms with Gasteiger partial charge in [0.2, 0.25) is 10.0 Å². The summed E-state index contributed by atoms with van der Waals surface area (Å²) in [6, 6.07) is 3.75. The van der Waals surface area contributed by atoms with E-state index < -0.39 is 16.0 Å². The SMILES string of the molecule is O=C(O)c1ccc(S(=O)(=O)NCCCCCO)c(Br)c1. The largest absolute Gasteiger partial charge is 0.478 e. The molecule has 0 spiro atoms. The van der Waals surface area contributed by atoms with E-state index in [1.165, 1.54) is 18.2 Å². The third kappa shape index (κ3) is 4.86. The van der Waals surface area contributed by atoms with Crippen molar-refractivity contribution in [3.05, 3.63) is 28.2 Å². The number of sulfonamides is 1. The van der Waals surface area contributed by atoms with Crippen molar-refractivity contribution in [3.8, 4) is 0 Å². The van der Waals surface area contributed by atoms with Gasteiger partial charge in [0, 0.05) is 17.6 Å². The molecule has 0 radical (unpaired) electrons. The fraction of sp³-hybridized carbons (Fsp3) is 0.417. The molecule has 112 valence electrons. The van der Waals surface area contributed by atoms with E-state index in [4.69, 9.17) is 10.2 Å². The van der Waals surface area contributed by atoms with Gasteiger partial charge in [0.1, 0.15) is 0 Å². The Hall–Kier alpha value is -0.960. The number of hydrogen-bond acceptors (Lipinski definition) is 4. The minimum absolute atomic E-state index is 0.00431. The number of hydrogen-bond donors (Lipinski definition) is 3. The summed E-state index contributed by atoms with van der Waals surface area (Å²) in [5, 5.41) is 17.4. The number of unbranched alkanes of at least 4 members (excludes halogenated alkanes) is 2. The molecular formula is C12H16BrNO5S. The lowest BCUT2D eigenvalue weighted by Crippen LogP contribution is -2.25. The standard InChI is InChI=1S/C12H16BrNO5S/c13-10-8-9(12(16)17)4-5-11(10)20(18,19)14-6-2-1-3-7-15/h4-5,8,14-15H,1-3,6-7H2,(H,16,17). The van der Waals surface area contributed by atoms with E-state index in [1.807, 2.05) is 0 Å². The number of aliphatic hydroxyl groups excluding tert-OH is 1. The van der Waals surface area contributed by atoms with Gasteiger partial charge in [-0.2, -0.15) is 0 Å². The van der Waals surface area contributed by atoms with Gasteiger partial charge < -0.3 is 10.2 Å². The van der Waals surface area contributed by atoms with E-state index in [1.54, 1.807) is 0 Å². The summed E-state index contributed by atoms with van der Waals surface area (Å²) in [7, 11) is -3.67. The van der Waals surface area contributed by atoms with Gasteiger partial charge in [-0.1, -0.05) is 0 Å². The highest BCUT2D eigenvalue weighted by atomic mass is 79.9. The molecule has 0 saturated carbocycles. The van der Waals surface area contributed by atoms with Crippen LogP contribution in [0, 0.1) is 0 Å². The van der Waals surface area contributed by atoms with Crippen molar-refractivity contribution in [3.63, 3.8) is 0 Å². The predicted molar refractivity (Wildman–Crippen MR) is 77.2 cm³/mol. The van der Waals surface area contributed by atoms with Crippen molar-refractivity contribution in [1.82, 2.24) is 4.72 Å². The van der Waals surface area contributed by atoms with Crippen LogP contribution in [0.15, 0.2) is 27.6 Å². The van der Waals surface area contributed by atoms with E-state index in [9.17, 15) is 13.2 Å². The Morgan fingerprint density at radius 3 is 2.50 bits per heavy atom. The number of carboxylic acid groups (broad SMARTS) is 1.